The fourth-order valence-electron chi connectivity index (χ4n) is 5.94. The quantitative estimate of drug-likeness (QED) is 0.173. The van der Waals surface area contributed by atoms with Gasteiger partial charge >= 0.3 is 6.18 Å². The predicted octanol–water partition coefficient (Wildman–Crippen LogP) is 7.57. The van der Waals surface area contributed by atoms with Gasteiger partial charge in [-0.1, -0.05) is 42.8 Å². The standard InChI is InChI=1S/C35H31F3N6O2S/c36-35(37,38)32(28-8-4-6-24-7-5-13-39-31(24)28)42-34(45)30-18-25(22-47-30)29-20-41-44-21-26(19-40-33(29)44)23-9-11-27(12-10-23)46-17-16-43-14-2-1-3-15-43/h4-13,18-22,32H,1-3,14-17H2,(H,42,45). The number of aromatic nitrogens is 4. The third-order valence-electron chi connectivity index (χ3n) is 8.38. The Kier molecular flexibility index (Phi) is 8.61. The summed E-state index contributed by atoms with van der Waals surface area (Å²) in [5.41, 5.74) is 3.75. The SMILES string of the molecule is O=C(NC(c1cccc2cccnc12)C(F)(F)F)c1cc(-c2cnn3cc(-c4ccc(OCCN5CCCCC5)cc4)cnc23)cs1. The lowest BCUT2D eigenvalue weighted by atomic mass is 10.0. The van der Waals surface area contributed by atoms with Crippen LogP contribution in [0, 0.1) is 0 Å². The first-order chi connectivity index (χ1) is 22.8. The van der Waals surface area contributed by atoms with Gasteiger partial charge in [0, 0.05) is 47.2 Å². The van der Waals surface area contributed by atoms with Crippen molar-refractivity contribution in [1.82, 2.24) is 29.8 Å². The molecule has 1 N–H and O–H groups in total. The lowest BCUT2D eigenvalue weighted by molar-refractivity contribution is -0.155. The highest BCUT2D eigenvalue weighted by molar-refractivity contribution is 7.12. The molecular formula is C35H31F3N6O2S. The Bertz CT molecular complexity index is 2010. The molecule has 2 aromatic carbocycles. The Morgan fingerprint density at radius 3 is 2.57 bits per heavy atom. The first-order valence-corrected chi connectivity index (χ1v) is 16.3. The highest BCUT2D eigenvalue weighted by Gasteiger charge is 2.43. The number of pyridine rings is 1. The number of benzene rings is 2. The van der Waals surface area contributed by atoms with E-state index in [4.69, 9.17) is 4.74 Å². The molecule has 47 heavy (non-hydrogen) atoms. The van der Waals surface area contributed by atoms with Crippen molar-refractivity contribution in [2.75, 3.05) is 26.2 Å². The molecule has 0 radical (unpaired) electrons. The monoisotopic (exact) mass is 656 g/mol. The minimum Gasteiger partial charge on any atom is -0.492 e. The number of amides is 1. The van der Waals surface area contributed by atoms with E-state index in [1.807, 2.05) is 30.5 Å². The van der Waals surface area contributed by atoms with Crippen molar-refractivity contribution >= 4 is 33.8 Å². The highest BCUT2D eigenvalue weighted by atomic mass is 32.1. The van der Waals surface area contributed by atoms with Crippen LogP contribution in [-0.4, -0.2) is 62.8 Å². The topological polar surface area (TPSA) is 84.7 Å². The first kappa shape index (κ1) is 30.8. The molecule has 6 aromatic rings. The minimum atomic E-state index is -4.73. The van der Waals surface area contributed by atoms with Crippen molar-refractivity contribution in [3.63, 3.8) is 0 Å². The number of likely N-dealkylation sites (tertiary alicyclic amines) is 1. The molecule has 1 atom stereocenters. The summed E-state index contributed by atoms with van der Waals surface area (Å²) in [6.45, 7) is 3.86. The zero-order valence-corrected chi connectivity index (χ0v) is 26.1. The van der Waals surface area contributed by atoms with E-state index >= 15 is 0 Å². The average Bonchev–Trinajstić information content (AvgIpc) is 3.75. The number of nitrogens with one attached hydrogen (secondary N) is 1. The summed E-state index contributed by atoms with van der Waals surface area (Å²) < 4.78 is 50.3. The zero-order valence-electron chi connectivity index (χ0n) is 25.3. The summed E-state index contributed by atoms with van der Waals surface area (Å²) in [6.07, 6.45) is 5.78. The maximum Gasteiger partial charge on any atom is 0.412 e. The molecule has 7 rings (SSSR count). The Balaban J connectivity index is 1.05. The normalized spacial score (nSPS) is 14.8. The van der Waals surface area contributed by atoms with Crippen LogP contribution < -0.4 is 10.1 Å². The van der Waals surface area contributed by atoms with Crippen LogP contribution in [0.5, 0.6) is 5.75 Å². The first-order valence-electron chi connectivity index (χ1n) is 15.4. The molecular weight excluding hydrogens is 625 g/mol. The van der Waals surface area contributed by atoms with E-state index in [0.29, 0.717) is 28.8 Å². The fourth-order valence-corrected chi connectivity index (χ4v) is 6.75. The van der Waals surface area contributed by atoms with Crippen molar-refractivity contribution in [3.05, 3.63) is 101 Å². The third kappa shape index (κ3) is 6.70. The lowest BCUT2D eigenvalue weighted by Crippen LogP contribution is -2.38. The molecule has 0 bridgehead atoms. The molecule has 8 nitrogen and oxygen atoms in total. The number of thiophene rings is 1. The second-order valence-corrected chi connectivity index (χ2v) is 12.4. The average molecular weight is 657 g/mol. The van der Waals surface area contributed by atoms with Gasteiger partial charge in [-0.25, -0.2) is 9.50 Å². The van der Waals surface area contributed by atoms with Crippen LogP contribution in [0.25, 0.3) is 38.8 Å². The summed E-state index contributed by atoms with van der Waals surface area (Å²) >= 11 is 1.06. The number of halogens is 3. The molecule has 1 unspecified atom stereocenters. The number of hydrogen-bond acceptors (Lipinski definition) is 7. The molecule has 4 aromatic heterocycles. The van der Waals surface area contributed by atoms with Gasteiger partial charge in [0.05, 0.1) is 16.6 Å². The molecule has 1 aliphatic rings. The Hall–Kier alpha value is -4.81. The molecule has 1 saturated heterocycles. The number of fused-ring (bicyclic) bond motifs is 2. The smallest absolute Gasteiger partial charge is 0.412 e. The van der Waals surface area contributed by atoms with Crippen molar-refractivity contribution in [2.24, 2.45) is 0 Å². The van der Waals surface area contributed by atoms with Gasteiger partial charge in [-0.15, -0.1) is 11.3 Å². The maximum absolute atomic E-state index is 14.2. The molecule has 1 fully saturated rings. The van der Waals surface area contributed by atoms with Gasteiger partial charge in [-0.05, 0) is 66.7 Å². The van der Waals surface area contributed by atoms with Gasteiger partial charge in [0.15, 0.2) is 11.7 Å². The Morgan fingerprint density at radius 1 is 0.957 bits per heavy atom. The van der Waals surface area contributed by atoms with Crippen molar-refractivity contribution < 1.29 is 22.7 Å². The van der Waals surface area contributed by atoms with Gasteiger partial charge < -0.3 is 10.1 Å². The number of alkyl halides is 3. The molecule has 5 heterocycles. The van der Waals surface area contributed by atoms with E-state index in [2.05, 4.69) is 25.3 Å². The van der Waals surface area contributed by atoms with Gasteiger partial charge in [-0.2, -0.15) is 18.3 Å². The van der Waals surface area contributed by atoms with Gasteiger partial charge in [0.25, 0.3) is 5.91 Å². The predicted molar refractivity (Wildman–Crippen MR) is 176 cm³/mol. The van der Waals surface area contributed by atoms with E-state index in [0.717, 1.165) is 47.8 Å². The summed E-state index contributed by atoms with van der Waals surface area (Å²) in [7, 11) is 0. The summed E-state index contributed by atoms with van der Waals surface area (Å²) in [5.74, 6) is -0.0176. The fraction of sp³-hybridized carbons (Fsp3) is 0.257. The number of piperidine rings is 1. The minimum absolute atomic E-state index is 0.113. The van der Waals surface area contributed by atoms with E-state index < -0.39 is 18.1 Å². The number of ether oxygens (including phenoxy) is 1. The molecule has 240 valence electrons. The van der Waals surface area contributed by atoms with E-state index in [1.165, 1.54) is 37.6 Å². The van der Waals surface area contributed by atoms with Gasteiger partial charge in [-0.3, -0.25) is 14.7 Å². The van der Waals surface area contributed by atoms with Crippen LogP contribution in [0.4, 0.5) is 13.2 Å². The third-order valence-corrected chi connectivity index (χ3v) is 9.31. The van der Waals surface area contributed by atoms with E-state index in [-0.39, 0.29) is 16.0 Å². The Labute approximate surface area is 272 Å². The Morgan fingerprint density at radius 2 is 1.77 bits per heavy atom. The maximum atomic E-state index is 14.2. The number of hydrogen-bond donors (Lipinski definition) is 1. The number of rotatable bonds is 9. The van der Waals surface area contributed by atoms with Gasteiger partial charge in [0.1, 0.15) is 12.4 Å². The lowest BCUT2D eigenvalue weighted by Gasteiger charge is -2.26. The molecule has 12 heteroatoms. The van der Waals surface area contributed by atoms with Crippen LogP contribution >= 0.6 is 11.3 Å². The summed E-state index contributed by atoms with van der Waals surface area (Å²) in [5, 5.41) is 8.92. The van der Waals surface area contributed by atoms with Gasteiger partial charge in [0.2, 0.25) is 0 Å². The number of nitrogens with zero attached hydrogens (tertiary/aromatic N) is 5. The van der Waals surface area contributed by atoms with Crippen molar-refractivity contribution in [1.29, 1.82) is 0 Å². The second-order valence-electron chi connectivity index (χ2n) is 11.5. The van der Waals surface area contributed by atoms with Crippen LogP contribution in [-0.2, 0) is 0 Å². The number of carbonyl (C=O) groups is 1. The van der Waals surface area contributed by atoms with Crippen LogP contribution in [0.3, 0.4) is 0 Å². The zero-order chi connectivity index (χ0) is 32.4. The number of carbonyl (C=O) groups excluding carboxylic acids is 1. The number of para-hydroxylation sites is 1. The summed E-state index contributed by atoms with van der Waals surface area (Å²) in [4.78, 5) is 24.5. The van der Waals surface area contributed by atoms with Crippen LogP contribution in [0.1, 0.15) is 40.5 Å². The van der Waals surface area contributed by atoms with Crippen molar-refractivity contribution in [2.45, 2.75) is 31.5 Å². The molecule has 0 spiro atoms. The van der Waals surface area contributed by atoms with Crippen LogP contribution in [0.2, 0.25) is 0 Å². The van der Waals surface area contributed by atoms with E-state index in [1.54, 1.807) is 46.6 Å². The van der Waals surface area contributed by atoms with E-state index in [9.17, 15) is 18.0 Å². The largest absolute Gasteiger partial charge is 0.492 e. The molecule has 0 aliphatic carbocycles. The molecule has 1 amide bonds. The van der Waals surface area contributed by atoms with Crippen molar-refractivity contribution in [3.8, 4) is 28.0 Å². The second kappa shape index (κ2) is 13.1. The molecule has 1 aliphatic heterocycles. The van der Waals surface area contributed by atoms with Crippen LogP contribution in [0.15, 0.2) is 90.8 Å². The summed E-state index contributed by atoms with van der Waals surface area (Å²) in [6, 6.07) is 15.1. The molecule has 0 saturated carbocycles. The highest BCUT2D eigenvalue weighted by Crippen LogP contribution is 2.37.